The molecule has 0 bridgehead atoms. The molecule has 2 aliphatic rings. The van der Waals surface area contributed by atoms with E-state index in [0.717, 1.165) is 5.17 Å². The van der Waals surface area contributed by atoms with Gasteiger partial charge in [0.05, 0.1) is 24.1 Å². The summed E-state index contributed by atoms with van der Waals surface area (Å²) in [5.74, 6) is 0.528. The van der Waals surface area contributed by atoms with Crippen LogP contribution >= 0.6 is 11.8 Å². The first kappa shape index (κ1) is 10.0. The van der Waals surface area contributed by atoms with Crippen molar-refractivity contribution < 1.29 is 8.42 Å². The third-order valence-electron chi connectivity index (χ3n) is 2.24. The number of rotatable bonds is 2. The van der Waals surface area contributed by atoms with Crippen LogP contribution in [-0.2, 0) is 9.84 Å². The van der Waals surface area contributed by atoms with Gasteiger partial charge in [0.2, 0.25) is 0 Å². The summed E-state index contributed by atoms with van der Waals surface area (Å²) in [5.41, 5.74) is 0. The summed E-state index contributed by atoms with van der Waals surface area (Å²) >= 11 is 1.54. The molecule has 78 valence electrons. The van der Waals surface area contributed by atoms with Crippen LogP contribution in [0.2, 0.25) is 0 Å². The lowest BCUT2D eigenvalue weighted by Crippen LogP contribution is -2.31. The number of amidine groups is 1. The van der Waals surface area contributed by atoms with Gasteiger partial charge in [0.1, 0.15) is 0 Å². The lowest BCUT2D eigenvalue weighted by molar-refractivity contribution is 0.600. The molecular weight excluding hydrogens is 220 g/mol. The predicted molar refractivity (Wildman–Crippen MR) is 59.5 cm³/mol. The summed E-state index contributed by atoms with van der Waals surface area (Å²) in [6, 6.07) is 0.0635. The van der Waals surface area contributed by atoms with Crippen LogP contribution in [0.1, 0.15) is 0 Å². The fourth-order valence-corrected chi connectivity index (χ4v) is 5.36. The van der Waals surface area contributed by atoms with Crippen LogP contribution in [-0.4, -0.2) is 42.9 Å². The first-order valence-corrected chi connectivity index (χ1v) is 7.10. The SMILES string of the molecule is C=CCN=C1N[C@@H]2CS(=O)(=O)C[C@H]2S1. The highest BCUT2D eigenvalue weighted by Gasteiger charge is 2.43. The summed E-state index contributed by atoms with van der Waals surface area (Å²) in [6.45, 7) is 4.16. The third kappa shape index (κ3) is 1.95. The number of nitrogens with zero attached hydrogens (tertiary/aromatic N) is 1. The van der Waals surface area contributed by atoms with Gasteiger partial charge in [-0.1, -0.05) is 17.8 Å². The van der Waals surface area contributed by atoms with E-state index in [9.17, 15) is 8.42 Å². The van der Waals surface area contributed by atoms with Gasteiger partial charge in [0.25, 0.3) is 0 Å². The zero-order valence-corrected chi connectivity index (χ0v) is 9.27. The maximum Gasteiger partial charge on any atom is 0.157 e. The summed E-state index contributed by atoms with van der Waals surface area (Å²) < 4.78 is 22.5. The molecule has 2 aliphatic heterocycles. The quantitative estimate of drug-likeness (QED) is 0.682. The van der Waals surface area contributed by atoms with Gasteiger partial charge in [-0.15, -0.1) is 6.58 Å². The Morgan fingerprint density at radius 1 is 1.64 bits per heavy atom. The molecular formula is C8H12N2O2S2. The van der Waals surface area contributed by atoms with Gasteiger partial charge < -0.3 is 5.32 Å². The van der Waals surface area contributed by atoms with E-state index >= 15 is 0 Å². The first-order chi connectivity index (χ1) is 6.61. The molecule has 0 aromatic carbocycles. The van der Waals surface area contributed by atoms with Crippen molar-refractivity contribution in [3.63, 3.8) is 0 Å². The Morgan fingerprint density at radius 2 is 2.43 bits per heavy atom. The number of nitrogens with one attached hydrogen (secondary N) is 1. The lowest BCUT2D eigenvalue weighted by Gasteiger charge is -2.03. The highest BCUT2D eigenvalue weighted by molar-refractivity contribution is 8.15. The van der Waals surface area contributed by atoms with Gasteiger partial charge >= 0.3 is 0 Å². The number of hydrogen-bond acceptors (Lipinski definition) is 4. The molecule has 0 aliphatic carbocycles. The van der Waals surface area contributed by atoms with Gasteiger partial charge in [-0.3, -0.25) is 4.99 Å². The molecule has 0 saturated carbocycles. The predicted octanol–water partition coefficient (Wildman–Crippen LogP) is 0.0304. The molecule has 2 atom stereocenters. The number of fused-ring (bicyclic) bond motifs is 1. The van der Waals surface area contributed by atoms with Crippen molar-refractivity contribution in [2.24, 2.45) is 4.99 Å². The number of thioether (sulfide) groups is 1. The van der Waals surface area contributed by atoms with E-state index in [1.54, 1.807) is 6.08 Å². The van der Waals surface area contributed by atoms with Crippen molar-refractivity contribution >= 4 is 26.8 Å². The highest BCUT2D eigenvalue weighted by Crippen LogP contribution is 2.31. The van der Waals surface area contributed by atoms with Crippen LogP contribution in [0.3, 0.4) is 0 Å². The Morgan fingerprint density at radius 3 is 3.07 bits per heavy atom. The summed E-state index contributed by atoms with van der Waals surface area (Å²) in [6.07, 6.45) is 1.72. The van der Waals surface area contributed by atoms with E-state index in [4.69, 9.17) is 0 Å². The van der Waals surface area contributed by atoms with Gasteiger partial charge in [-0.2, -0.15) is 0 Å². The minimum absolute atomic E-state index is 0.0635. The van der Waals surface area contributed by atoms with Crippen LogP contribution < -0.4 is 5.32 Å². The minimum atomic E-state index is -2.81. The van der Waals surface area contributed by atoms with Crippen LogP contribution in [0.5, 0.6) is 0 Å². The zero-order valence-electron chi connectivity index (χ0n) is 7.64. The van der Waals surface area contributed by atoms with Crippen molar-refractivity contribution in [3.05, 3.63) is 12.7 Å². The Hall–Kier alpha value is -0.490. The molecule has 14 heavy (non-hydrogen) atoms. The van der Waals surface area contributed by atoms with E-state index in [1.807, 2.05) is 0 Å². The second kappa shape index (κ2) is 3.58. The second-order valence-electron chi connectivity index (χ2n) is 3.42. The Labute approximate surface area is 87.8 Å². The van der Waals surface area contributed by atoms with Crippen LogP contribution in [0.15, 0.2) is 17.6 Å². The molecule has 2 fully saturated rings. The van der Waals surface area contributed by atoms with Crippen molar-refractivity contribution in [1.82, 2.24) is 5.32 Å². The molecule has 1 N–H and O–H groups in total. The second-order valence-corrected chi connectivity index (χ2v) is 6.80. The van der Waals surface area contributed by atoms with Gasteiger partial charge in [-0.25, -0.2) is 8.42 Å². The van der Waals surface area contributed by atoms with Gasteiger partial charge in [0.15, 0.2) is 15.0 Å². The van der Waals surface area contributed by atoms with E-state index in [1.165, 1.54) is 11.8 Å². The maximum atomic E-state index is 11.3. The van der Waals surface area contributed by atoms with Crippen LogP contribution in [0, 0.1) is 0 Å². The third-order valence-corrected chi connectivity index (χ3v) is 5.45. The van der Waals surface area contributed by atoms with Gasteiger partial charge in [0, 0.05) is 5.25 Å². The molecule has 4 nitrogen and oxygen atoms in total. The average Bonchev–Trinajstić information content (AvgIpc) is 2.53. The molecule has 6 heteroatoms. The molecule has 0 radical (unpaired) electrons. The number of sulfone groups is 1. The van der Waals surface area contributed by atoms with E-state index in [0.29, 0.717) is 6.54 Å². The fourth-order valence-electron chi connectivity index (χ4n) is 1.63. The van der Waals surface area contributed by atoms with Crippen molar-refractivity contribution in [2.75, 3.05) is 18.1 Å². The molecule has 0 aromatic rings. The molecule has 0 spiro atoms. The summed E-state index contributed by atoms with van der Waals surface area (Å²) in [5, 5.41) is 4.14. The first-order valence-electron chi connectivity index (χ1n) is 4.40. The number of hydrogen-bond donors (Lipinski definition) is 1. The van der Waals surface area contributed by atoms with Gasteiger partial charge in [-0.05, 0) is 0 Å². The molecule has 0 aromatic heterocycles. The Kier molecular flexibility index (Phi) is 2.57. The van der Waals surface area contributed by atoms with Crippen molar-refractivity contribution in [3.8, 4) is 0 Å². The minimum Gasteiger partial charge on any atom is -0.360 e. The highest BCUT2D eigenvalue weighted by atomic mass is 32.2. The lowest BCUT2D eigenvalue weighted by atomic mass is 10.3. The molecule has 0 unspecified atom stereocenters. The monoisotopic (exact) mass is 232 g/mol. The van der Waals surface area contributed by atoms with Crippen molar-refractivity contribution in [2.45, 2.75) is 11.3 Å². The van der Waals surface area contributed by atoms with Crippen molar-refractivity contribution in [1.29, 1.82) is 0 Å². The van der Waals surface area contributed by atoms with E-state index in [-0.39, 0.29) is 22.8 Å². The zero-order chi connectivity index (χ0) is 10.2. The summed E-state index contributed by atoms with van der Waals surface area (Å²) in [7, 11) is -2.81. The largest absolute Gasteiger partial charge is 0.360 e. The smallest absolute Gasteiger partial charge is 0.157 e. The average molecular weight is 232 g/mol. The topological polar surface area (TPSA) is 58.5 Å². The summed E-state index contributed by atoms with van der Waals surface area (Å²) in [4.78, 5) is 4.23. The Balaban J connectivity index is 2.03. The fraction of sp³-hybridized carbons (Fsp3) is 0.625. The molecule has 2 rings (SSSR count). The van der Waals surface area contributed by atoms with Crippen LogP contribution in [0.4, 0.5) is 0 Å². The van der Waals surface area contributed by atoms with E-state index < -0.39 is 9.84 Å². The van der Waals surface area contributed by atoms with E-state index in [2.05, 4.69) is 16.9 Å². The normalized spacial score (nSPS) is 36.7. The maximum absolute atomic E-state index is 11.3. The molecule has 2 heterocycles. The van der Waals surface area contributed by atoms with Crippen LogP contribution in [0.25, 0.3) is 0 Å². The standard InChI is InChI=1S/C8H12N2O2S2/c1-2-3-9-8-10-6-4-14(11,12)5-7(6)13-8/h2,6-7H,1,3-5H2,(H,9,10)/t6-,7-/m1/s1. The Bertz CT molecular complexity index is 353. The molecule has 2 saturated heterocycles. The number of aliphatic imine (C=N–C) groups is 1. The molecule has 0 amide bonds.